The van der Waals surface area contributed by atoms with Crippen molar-refractivity contribution in [3.8, 4) is 0 Å². The lowest BCUT2D eigenvalue weighted by Crippen LogP contribution is -2.44. The van der Waals surface area contributed by atoms with Gasteiger partial charge in [0.25, 0.3) is 12.7 Å². The van der Waals surface area contributed by atoms with Crippen molar-refractivity contribution in [2.24, 2.45) is 0 Å². The second-order valence-corrected chi connectivity index (χ2v) is 2.01. The maximum atomic E-state index is 11.9. The Morgan fingerprint density at radius 3 is 1.18 bits per heavy atom. The van der Waals surface area contributed by atoms with Crippen LogP contribution in [0.3, 0.4) is 0 Å². The predicted octanol–water partition coefficient (Wildman–Crippen LogP) is 1.88. The minimum atomic E-state index is -5.08. The number of halogens is 6. The molecule has 1 heterocycles. The van der Waals surface area contributed by atoms with E-state index >= 15 is 0 Å². The molecule has 0 aromatic heterocycles. The molecule has 1 aliphatic heterocycles. The van der Waals surface area contributed by atoms with Gasteiger partial charge in [-0.25, -0.2) is 8.78 Å². The lowest BCUT2D eigenvalue weighted by molar-refractivity contribution is -0.223. The molecular formula is C4H2F6O. The third-order valence-electron chi connectivity index (χ3n) is 1.25. The molecule has 0 saturated carbocycles. The molecule has 1 saturated heterocycles. The Morgan fingerprint density at radius 2 is 1.09 bits per heavy atom. The van der Waals surface area contributed by atoms with Crippen LogP contribution in [0.15, 0.2) is 0 Å². The van der Waals surface area contributed by atoms with Gasteiger partial charge in [-0.3, -0.25) is 0 Å². The smallest absolute Gasteiger partial charge is 0.303 e. The quantitative estimate of drug-likeness (QED) is 0.517. The molecule has 0 aromatic carbocycles. The van der Waals surface area contributed by atoms with Gasteiger partial charge in [0.05, 0.1) is 0 Å². The number of rotatable bonds is 0. The van der Waals surface area contributed by atoms with Gasteiger partial charge in [0, 0.05) is 0 Å². The summed E-state index contributed by atoms with van der Waals surface area (Å²) in [7, 11) is 0. The fourth-order valence-corrected chi connectivity index (χ4v) is 0.578. The van der Waals surface area contributed by atoms with Crippen LogP contribution in [0.5, 0.6) is 0 Å². The van der Waals surface area contributed by atoms with E-state index in [9.17, 15) is 26.3 Å². The molecule has 0 bridgehead atoms. The first-order valence-corrected chi connectivity index (χ1v) is 2.49. The molecular weight excluding hydrogens is 178 g/mol. The fraction of sp³-hybridized carbons (Fsp3) is 1.00. The lowest BCUT2D eigenvalue weighted by atomic mass is 10.2. The molecule has 1 fully saturated rings. The van der Waals surface area contributed by atoms with Crippen LogP contribution in [0.2, 0.25) is 0 Å². The van der Waals surface area contributed by atoms with Crippen LogP contribution in [-0.4, -0.2) is 24.6 Å². The highest BCUT2D eigenvalue weighted by Crippen LogP contribution is 2.48. The Morgan fingerprint density at radius 1 is 0.818 bits per heavy atom. The van der Waals surface area contributed by atoms with E-state index in [-0.39, 0.29) is 0 Å². The van der Waals surface area contributed by atoms with Gasteiger partial charge in [-0.05, 0) is 0 Å². The first kappa shape index (κ1) is 8.63. The van der Waals surface area contributed by atoms with E-state index in [0.717, 1.165) is 0 Å². The van der Waals surface area contributed by atoms with E-state index in [1.54, 1.807) is 0 Å². The van der Waals surface area contributed by atoms with Crippen molar-refractivity contribution in [2.45, 2.75) is 24.6 Å². The fourth-order valence-electron chi connectivity index (χ4n) is 0.578. The number of hydrogen-bond acceptors (Lipinski definition) is 1. The van der Waals surface area contributed by atoms with Crippen molar-refractivity contribution in [1.82, 2.24) is 0 Å². The highest BCUT2D eigenvalue weighted by molar-refractivity contribution is 4.95. The second kappa shape index (κ2) is 2.02. The van der Waals surface area contributed by atoms with Gasteiger partial charge in [0.2, 0.25) is 0 Å². The Kier molecular flexibility index (Phi) is 1.59. The van der Waals surface area contributed by atoms with Crippen LogP contribution in [0.1, 0.15) is 0 Å². The Hall–Kier alpha value is -0.460. The van der Waals surface area contributed by atoms with Crippen LogP contribution in [0.4, 0.5) is 26.3 Å². The summed E-state index contributed by atoms with van der Waals surface area (Å²) in [6, 6.07) is 0. The number of alkyl halides is 6. The van der Waals surface area contributed by atoms with Crippen LogP contribution in [0.25, 0.3) is 0 Å². The zero-order valence-electron chi connectivity index (χ0n) is 4.83. The second-order valence-electron chi connectivity index (χ2n) is 2.01. The van der Waals surface area contributed by atoms with Crippen molar-refractivity contribution in [3.05, 3.63) is 0 Å². The molecule has 1 nitrogen and oxygen atoms in total. The van der Waals surface area contributed by atoms with E-state index < -0.39 is 24.6 Å². The number of hydrogen-bond donors (Lipinski definition) is 0. The Balaban J connectivity index is 2.95. The maximum absolute atomic E-state index is 11.9. The summed E-state index contributed by atoms with van der Waals surface area (Å²) >= 11 is 0. The van der Waals surface area contributed by atoms with E-state index in [1.807, 2.05) is 0 Å². The average molecular weight is 180 g/mol. The van der Waals surface area contributed by atoms with Gasteiger partial charge in [-0.15, -0.1) is 0 Å². The van der Waals surface area contributed by atoms with Gasteiger partial charge in [0.1, 0.15) is 0 Å². The molecule has 0 spiro atoms. The molecule has 2 atom stereocenters. The zero-order valence-corrected chi connectivity index (χ0v) is 4.83. The van der Waals surface area contributed by atoms with E-state index in [2.05, 4.69) is 4.74 Å². The summed E-state index contributed by atoms with van der Waals surface area (Å²) in [5.41, 5.74) is 0. The highest BCUT2D eigenvalue weighted by Gasteiger charge is 2.74. The molecule has 0 N–H and O–H groups in total. The number of ether oxygens (including phenoxy) is 1. The average Bonchev–Trinajstić information content (AvgIpc) is 1.95. The first-order valence-electron chi connectivity index (χ1n) is 2.49. The summed E-state index contributed by atoms with van der Waals surface area (Å²) in [6.45, 7) is 0. The molecule has 0 aromatic rings. The van der Waals surface area contributed by atoms with Gasteiger partial charge in [-0.1, -0.05) is 0 Å². The van der Waals surface area contributed by atoms with E-state index in [4.69, 9.17) is 0 Å². The highest BCUT2D eigenvalue weighted by atomic mass is 19.3. The third kappa shape index (κ3) is 0.901. The molecule has 66 valence electrons. The van der Waals surface area contributed by atoms with Crippen molar-refractivity contribution >= 4 is 0 Å². The van der Waals surface area contributed by atoms with Gasteiger partial charge >= 0.3 is 11.8 Å². The molecule has 7 heteroatoms. The molecule has 11 heavy (non-hydrogen) atoms. The Bertz CT molecular complexity index is 150. The maximum Gasteiger partial charge on any atom is 0.370 e. The van der Waals surface area contributed by atoms with Crippen LogP contribution >= 0.6 is 0 Å². The van der Waals surface area contributed by atoms with Crippen molar-refractivity contribution in [1.29, 1.82) is 0 Å². The monoisotopic (exact) mass is 180 g/mol. The van der Waals surface area contributed by atoms with Crippen LogP contribution in [0, 0.1) is 0 Å². The summed E-state index contributed by atoms with van der Waals surface area (Å²) < 4.78 is 74.0. The van der Waals surface area contributed by atoms with E-state index in [1.165, 1.54) is 0 Å². The van der Waals surface area contributed by atoms with Crippen LogP contribution < -0.4 is 0 Å². The predicted molar refractivity (Wildman–Crippen MR) is 20.8 cm³/mol. The van der Waals surface area contributed by atoms with Crippen molar-refractivity contribution < 1.29 is 31.1 Å². The third-order valence-corrected chi connectivity index (χ3v) is 1.25. The van der Waals surface area contributed by atoms with Gasteiger partial charge in [-0.2, -0.15) is 17.6 Å². The minimum absolute atomic E-state index is 2.96. The zero-order chi connectivity index (χ0) is 8.86. The molecule has 1 aliphatic rings. The molecule has 0 amide bonds. The van der Waals surface area contributed by atoms with Gasteiger partial charge in [0.15, 0.2) is 0 Å². The topological polar surface area (TPSA) is 9.23 Å². The standard InChI is InChI=1S/C4H2F6O/c5-1-3(7,8)4(9,10)2(6)11-1/h1-2H/t1-,2+. The first-order chi connectivity index (χ1) is 4.80. The molecule has 0 radical (unpaired) electrons. The summed E-state index contributed by atoms with van der Waals surface area (Å²) in [6.07, 6.45) is -7.15. The lowest BCUT2D eigenvalue weighted by Gasteiger charge is -2.16. The summed E-state index contributed by atoms with van der Waals surface area (Å²) in [4.78, 5) is 0. The van der Waals surface area contributed by atoms with Crippen molar-refractivity contribution in [3.63, 3.8) is 0 Å². The van der Waals surface area contributed by atoms with Gasteiger partial charge < -0.3 is 4.74 Å². The molecule has 1 rings (SSSR count). The SMILES string of the molecule is F[C@@H]1O[C@H](F)C(F)(F)C1(F)F. The summed E-state index contributed by atoms with van der Waals surface area (Å²) in [5.74, 6) is -10.2. The molecule has 0 unspecified atom stereocenters. The minimum Gasteiger partial charge on any atom is -0.303 e. The molecule has 0 aliphatic carbocycles. The normalized spacial score (nSPS) is 40.9. The summed E-state index contributed by atoms with van der Waals surface area (Å²) in [5, 5.41) is 0. The van der Waals surface area contributed by atoms with Crippen molar-refractivity contribution in [2.75, 3.05) is 0 Å². The largest absolute Gasteiger partial charge is 0.370 e. The van der Waals surface area contributed by atoms with Crippen LogP contribution in [-0.2, 0) is 4.74 Å². The van der Waals surface area contributed by atoms with E-state index in [0.29, 0.717) is 0 Å². The Labute approximate surface area is 56.9 Å².